The number of nitrogens with zero attached hydrogens (tertiary/aromatic N) is 2. The van der Waals surface area contributed by atoms with Gasteiger partial charge in [-0.25, -0.2) is 4.98 Å². The van der Waals surface area contributed by atoms with Crippen molar-refractivity contribution in [3.63, 3.8) is 0 Å². The van der Waals surface area contributed by atoms with E-state index in [0.717, 1.165) is 5.69 Å². The molecule has 2 N–H and O–H groups in total. The Bertz CT molecular complexity index is 589. The Morgan fingerprint density at radius 3 is 2.76 bits per heavy atom. The predicted molar refractivity (Wildman–Crippen MR) is 81.4 cm³/mol. The lowest BCUT2D eigenvalue weighted by Crippen LogP contribution is -2.42. The number of rotatable bonds is 6. The zero-order chi connectivity index (χ0) is 15.3. The largest absolute Gasteiger partial charge is 0.388 e. The summed E-state index contributed by atoms with van der Waals surface area (Å²) in [4.78, 5) is 16.2. The normalized spacial score (nSPS) is 11.4. The summed E-state index contributed by atoms with van der Waals surface area (Å²) in [6, 6.07) is 7.30. The minimum Gasteiger partial charge on any atom is -0.388 e. The molecule has 0 aliphatic heterocycles. The molecule has 0 aliphatic carbocycles. The van der Waals surface area contributed by atoms with E-state index in [9.17, 15) is 9.90 Å². The summed E-state index contributed by atoms with van der Waals surface area (Å²) in [5.74, 6) is -0.183. The van der Waals surface area contributed by atoms with Crippen LogP contribution in [0.2, 0.25) is 0 Å². The molecular weight excluding hydrogens is 266 g/mol. The van der Waals surface area contributed by atoms with Crippen LogP contribution in [0.25, 0.3) is 5.69 Å². The number of hydrogen-bond acceptors (Lipinski definition) is 3. The van der Waals surface area contributed by atoms with Gasteiger partial charge < -0.3 is 15.0 Å². The van der Waals surface area contributed by atoms with Crippen molar-refractivity contribution in [3.8, 4) is 5.69 Å². The smallest absolute Gasteiger partial charge is 0.251 e. The Balaban J connectivity index is 2.08. The first-order valence-corrected chi connectivity index (χ1v) is 7.17. The van der Waals surface area contributed by atoms with E-state index in [0.29, 0.717) is 18.4 Å². The standard InChI is InChI=1S/C16H21N3O2/c1-3-16(21,4-2)11-18-15(20)13-6-5-7-14(10-13)19-9-8-17-12-19/h5-10,12,21H,3-4,11H2,1-2H3,(H,18,20). The number of hydrogen-bond donors (Lipinski definition) is 2. The Hall–Kier alpha value is -2.14. The Morgan fingerprint density at radius 1 is 1.38 bits per heavy atom. The van der Waals surface area contributed by atoms with Crippen LogP contribution in [0.5, 0.6) is 0 Å². The molecule has 0 fully saturated rings. The zero-order valence-corrected chi connectivity index (χ0v) is 12.4. The molecule has 0 saturated heterocycles. The molecule has 2 rings (SSSR count). The first-order valence-electron chi connectivity index (χ1n) is 7.17. The van der Waals surface area contributed by atoms with Crippen LogP contribution in [0, 0.1) is 0 Å². The molecule has 5 heteroatoms. The van der Waals surface area contributed by atoms with Gasteiger partial charge in [0.15, 0.2) is 0 Å². The monoisotopic (exact) mass is 287 g/mol. The first-order chi connectivity index (χ1) is 10.1. The van der Waals surface area contributed by atoms with Gasteiger partial charge in [-0.3, -0.25) is 4.79 Å². The summed E-state index contributed by atoms with van der Waals surface area (Å²) in [5, 5.41) is 13.0. The molecule has 0 saturated carbocycles. The summed E-state index contributed by atoms with van der Waals surface area (Å²) >= 11 is 0. The highest BCUT2D eigenvalue weighted by atomic mass is 16.3. The van der Waals surface area contributed by atoms with Crippen LogP contribution in [0.15, 0.2) is 43.0 Å². The van der Waals surface area contributed by atoms with E-state index >= 15 is 0 Å². The van der Waals surface area contributed by atoms with Crippen LogP contribution in [-0.2, 0) is 0 Å². The highest BCUT2D eigenvalue weighted by Crippen LogP contribution is 2.14. The van der Waals surface area contributed by atoms with E-state index in [1.807, 2.05) is 36.7 Å². The summed E-state index contributed by atoms with van der Waals surface area (Å²) in [5.41, 5.74) is 0.606. The van der Waals surface area contributed by atoms with Crippen LogP contribution in [0.1, 0.15) is 37.0 Å². The molecule has 0 atom stereocenters. The highest BCUT2D eigenvalue weighted by molar-refractivity contribution is 5.94. The quantitative estimate of drug-likeness (QED) is 0.855. The van der Waals surface area contributed by atoms with E-state index in [1.54, 1.807) is 24.7 Å². The van der Waals surface area contributed by atoms with Crippen LogP contribution in [0.4, 0.5) is 0 Å². The van der Waals surface area contributed by atoms with Gasteiger partial charge in [0.1, 0.15) is 0 Å². The highest BCUT2D eigenvalue weighted by Gasteiger charge is 2.23. The minimum absolute atomic E-state index is 0.183. The van der Waals surface area contributed by atoms with Crippen molar-refractivity contribution >= 4 is 5.91 Å². The zero-order valence-electron chi connectivity index (χ0n) is 12.4. The molecule has 2 aromatic rings. The van der Waals surface area contributed by atoms with E-state index in [-0.39, 0.29) is 12.5 Å². The molecule has 0 radical (unpaired) electrons. The Morgan fingerprint density at radius 2 is 2.14 bits per heavy atom. The molecule has 1 heterocycles. The van der Waals surface area contributed by atoms with Crippen molar-refractivity contribution in [2.75, 3.05) is 6.54 Å². The van der Waals surface area contributed by atoms with E-state index in [4.69, 9.17) is 0 Å². The Kier molecular flexibility index (Phi) is 4.75. The molecule has 0 bridgehead atoms. The minimum atomic E-state index is -0.836. The number of aromatic nitrogens is 2. The van der Waals surface area contributed by atoms with Gasteiger partial charge in [0.05, 0.1) is 11.9 Å². The summed E-state index contributed by atoms with van der Waals surface area (Å²) in [6.07, 6.45) is 6.42. The van der Waals surface area contributed by atoms with Crippen molar-refractivity contribution in [1.82, 2.24) is 14.9 Å². The third-order valence-electron chi connectivity index (χ3n) is 3.81. The van der Waals surface area contributed by atoms with Crippen molar-refractivity contribution < 1.29 is 9.90 Å². The van der Waals surface area contributed by atoms with Crippen molar-refractivity contribution in [2.45, 2.75) is 32.3 Å². The summed E-state index contributed by atoms with van der Waals surface area (Å²) in [6.45, 7) is 4.08. The Labute approximate surface area is 124 Å². The van der Waals surface area contributed by atoms with E-state index in [1.165, 1.54) is 0 Å². The van der Waals surface area contributed by atoms with Gasteiger partial charge in [-0.05, 0) is 31.0 Å². The molecule has 21 heavy (non-hydrogen) atoms. The number of carbonyl (C=O) groups excluding carboxylic acids is 1. The van der Waals surface area contributed by atoms with Crippen LogP contribution in [-0.4, -0.2) is 32.7 Å². The van der Waals surface area contributed by atoms with E-state index in [2.05, 4.69) is 10.3 Å². The molecule has 5 nitrogen and oxygen atoms in total. The maximum Gasteiger partial charge on any atom is 0.251 e. The maximum atomic E-state index is 12.2. The summed E-state index contributed by atoms with van der Waals surface area (Å²) in [7, 11) is 0. The number of aliphatic hydroxyl groups is 1. The lowest BCUT2D eigenvalue weighted by atomic mass is 9.97. The molecule has 0 unspecified atom stereocenters. The molecule has 1 aromatic carbocycles. The number of carbonyl (C=O) groups is 1. The average Bonchev–Trinajstić information content (AvgIpc) is 3.07. The molecule has 1 aromatic heterocycles. The predicted octanol–water partition coefficient (Wildman–Crippen LogP) is 2.15. The first kappa shape index (κ1) is 15.3. The van der Waals surface area contributed by atoms with Crippen LogP contribution < -0.4 is 5.32 Å². The second kappa shape index (κ2) is 6.54. The second-order valence-corrected chi connectivity index (χ2v) is 5.13. The fourth-order valence-corrected chi connectivity index (χ4v) is 2.07. The van der Waals surface area contributed by atoms with Crippen LogP contribution >= 0.6 is 0 Å². The second-order valence-electron chi connectivity index (χ2n) is 5.13. The lowest BCUT2D eigenvalue weighted by Gasteiger charge is -2.25. The number of imidazole rings is 1. The molecule has 0 aliphatic rings. The topological polar surface area (TPSA) is 67.2 Å². The molecular formula is C16H21N3O2. The number of amides is 1. The van der Waals surface area contributed by atoms with Crippen molar-refractivity contribution in [1.29, 1.82) is 0 Å². The van der Waals surface area contributed by atoms with Crippen molar-refractivity contribution in [3.05, 3.63) is 48.5 Å². The van der Waals surface area contributed by atoms with Crippen LogP contribution in [0.3, 0.4) is 0 Å². The average molecular weight is 287 g/mol. The van der Waals surface area contributed by atoms with Gasteiger partial charge in [-0.2, -0.15) is 0 Å². The van der Waals surface area contributed by atoms with Gasteiger partial charge >= 0.3 is 0 Å². The maximum absolute atomic E-state index is 12.2. The van der Waals surface area contributed by atoms with Gasteiger partial charge in [-0.1, -0.05) is 19.9 Å². The van der Waals surface area contributed by atoms with Gasteiger partial charge in [0.25, 0.3) is 5.91 Å². The van der Waals surface area contributed by atoms with Gasteiger partial charge in [-0.15, -0.1) is 0 Å². The van der Waals surface area contributed by atoms with Gasteiger partial charge in [0, 0.05) is 30.2 Å². The fourth-order valence-electron chi connectivity index (χ4n) is 2.07. The van der Waals surface area contributed by atoms with E-state index < -0.39 is 5.60 Å². The van der Waals surface area contributed by atoms with Crippen molar-refractivity contribution in [2.24, 2.45) is 0 Å². The molecule has 0 spiro atoms. The third-order valence-corrected chi connectivity index (χ3v) is 3.81. The fraction of sp³-hybridized carbons (Fsp3) is 0.375. The molecule has 112 valence electrons. The molecule has 1 amide bonds. The lowest BCUT2D eigenvalue weighted by molar-refractivity contribution is 0.0314. The summed E-state index contributed by atoms with van der Waals surface area (Å²) < 4.78 is 1.84. The third kappa shape index (κ3) is 3.70. The SMILES string of the molecule is CCC(O)(CC)CNC(=O)c1cccc(-n2ccnc2)c1. The number of benzene rings is 1. The van der Waals surface area contributed by atoms with Gasteiger partial charge in [0.2, 0.25) is 0 Å². The number of nitrogens with one attached hydrogen (secondary N) is 1.